The van der Waals surface area contributed by atoms with Gasteiger partial charge in [0.05, 0.1) is 18.0 Å². The van der Waals surface area contributed by atoms with E-state index in [0.717, 1.165) is 16.8 Å². The van der Waals surface area contributed by atoms with Crippen LogP contribution in [0.2, 0.25) is 0 Å². The summed E-state index contributed by atoms with van der Waals surface area (Å²) in [6, 6.07) is 1.03. The number of halogens is 3. The van der Waals surface area contributed by atoms with Crippen LogP contribution in [0, 0.1) is 0 Å². The minimum atomic E-state index is -5.97. The second kappa shape index (κ2) is 5.72. The predicted molar refractivity (Wildman–Crippen MR) is 81.5 cm³/mol. The Bertz CT molecular complexity index is 1120. The van der Waals surface area contributed by atoms with Gasteiger partial charge in [-0.1, -0.05) is 0 Å². The third-order valence-electron chi connectivity index (χ3n) is 3.36. The molecule has 138 valence electrons. The number of alkyl halides is 3. The number of pyridine rings is 1. The standard InChI is InChI=1S/C13H10F3N5O4S/c1-20-5-8(3-18-20)7-2-10(25-26(23,24)13(14,15)16)11-9(12(17)22)4-19-21(11)6-7/h2-6H,1H3,(H2,17,22). The number of hydrogen-bond donors (Lipinski definition) is 1. The first-order valence-corrected chi connectivity index (χ1v) is 8.21. The average Bonchev–Trinajstić information content (AvgIpc) is 3.11. The van der Waals surface area contributed by atoms with E-state index >= 15 is 0 Å². The number of primary amides is 1. The van der Waals surface area contributed by atoms with E-state index in [1.807, 2.05) is 0 Å². The molecule has 0 aromatic carbocycles. The van der Waals surface area contributed by atoms with Gasteiger partial charge in [-0.05, 0) is 6.07 Å². The smallest absolute Gasteiger partial charge is 0.374 e. The Balaban J connectivity index is 2.26. The lowest BCUT2D eigenvalue weighted by atomic mass is 10.1. The van der Waals surface area contributed by atoms with Gasteiger partial charge in [0.1, 0.15) is 5.52 Å². The summed E-state index contributed by atoms with van der Waals surface area (Å²) in [4.78, 5) is 11.5. The average molecular weight is 389 g/mol. The molecule has 0 saturated carbocycles. The summed E-state index contributed by atoms with van der Waals surface area (Å²) in [5.41, 5.74) is -0.373. The molecule has 13 heteroatoms. The minimum absolute atomic E-state index is 0.261. The molecule has 0 fully saturated rings. The van der Waals surface area contributed by atoms with Crippen LogP contribution in [0.3, 0.4) is 0 Å². The molecule has 0 aliphatic heterocycles. The van der Waals surface area contributed by atoms with Crippen molar-refractivity contribution in [3.05, 3.63) is 36.4 Å². The number of aromatic nitrogens is 4. The predicted octanol–water partition coefficient (Wildman–Crippen LogP) is 1.06. The van der Waals surface area contributed by atoms with E-state index in [9.17, 15) is 26.4 Å². The summed E-state index contributed by atoms with van der Waals surface area (Å²) < 4.78 is 67.6. The lowest BCUT2D eigenvalue weighted by Crippen LogP contribution is -2.28. The molecule has 0 aliphatic rings. The molecule has 0 bridgehead atoms. The number of rotatable bonds is 4. The van der Waals surface area contributed by atoms with E-state index in [0.29, 0.717) is 5.56 Å². The topological polar surface area (TPSA) is 122 Å². The summed E-state index contributed by atoms with van der Waals surface area (Å²) in [5.74, 6) is -1.75. The molecule has 0 unspecified atom stereocenters. The highest BCUT2D eigenvalue weighted by Crippen LogP contribution is 2.34. The van der Waals surface area contributed by atoms with Gasteiger partial charge in [0.15, 0.2) is 5.75 Å². The van der Waals surface area contributed by atoms with Crippen molar-refractivity contribution in [2.45, 2.75) is 5.51 Å². The van der Waals surface area contributed by atoms with Crippen LogP contribution in [-0.4, -0.2) is 39.2 Å². The maximum atomic E-state index is 12.7. The first kappa shape index (κ1) is 17.7. The van der Waals surface area contributed by atoms with Gasteiger partial charge in [0.2, 0.25) is 0 Å². The number of carbonyl (C=O) groups excluding carboxylic acids is 1. The Morgan fingerprint density at radius 3 is 2.42 bits per heavy atom. The highest BCUT2D eigenvalue weighted by Gasteiger charge is 2.49. The quantitative estimate of drug-likeness (QED) is 0.526. The van der Waals surface area contributed by atoms with Crippen molar-refractivity contribution in [3.63, 3.8) is 0 Å². The van der Waals surface area contributed by atoms with Crippen LogP contribution in [0.15, 0.2) is 30.9 Å². The third-order valence-corrected chi connectivity index (χ3v) is 4.33. The van der Waals surface area contributed by atoms with Gasteiger partial charge in [-0.3, -0.25) is 9.48 Å². The Morgan fingerprint density at radius 1 is 1.19 bits per heavy atom. The van der Waals surface area contributed by atoms with Gasteiger partial charge in [0.25, 0.3) is 5.91 Å². The van der Waals surface area contributed by atoms with Gasteiger partial charge < -0.3 is 9.92 Å². The number of nitrogens with two attached hydrogens (primary N) is 1. The van der Waals surface area contributed by atoms with Crippen molar-refractivity contribution in [1.82, 2.24) is 19.4 Å². The van der Waals surface area contributed by atoms with Crippen molar-refractivity contribution in [1.29, 1.82) is 0 Å². The van der Waals surface area contributed by atoms with Crippen LogP contribution in [0.5, 0.6) is 5.75 Å². The molecule has 3 heterocycles. The minimum Gasteiger partial charge on any atom is -0.374 e. The van der Waals surface area contributed by atoms with Crippen molar-refractivity contribution >= 4 is 21.5 Å². The zero-order valence-electron chi connectivity index (χ0n) is 12.9. The van der Waals surface area contributed by atoms with Crippen molar-refractivity contribution < 1.29 is 30.6 Å². The fourth-order valence-corrected chi connectivity index (χ4v) is 2.68. The molecule has 0 spiro atoms. The van der Waals surface area contributed by atoms with Crippen LogP contribution >= 0.6 is 0 Å². The van der Waals surface area contributed by atoms with Crippen LogP contribution in [-0.2, 0) is 17.2 Å². The lowest BCUT2D eigenvalue weighted by Gasteiger charge is -2.12. The Morgan fingerprint density at radius 2 is 1.88 bits per heavy atom. The number of carbonyl (C=O) groups is 1. The second-order valence-electron chi connectivity index (χ2n) is 5.19. The summed E-state index contributed by atoms with van der Waals surface area (Å²) in [6.07, 6.45) is 5.31. The fraction of sp³-hybridized carbons (Fsp3) is 0.154. The van der Waals surface area contributed by atoms with Crippen LogP contribution in [0.25, 0.3) is 16.6 Å². The maximum Gasteiger partial charge on any atom is 0.534 e. The number of amides is 1. The van der Waals surface area contributed by atoms with E-state index in [4.69, 9.17) is 5.73 Å². The molecule has 3 aromatic heterocycles. The molecule has 3 rings (SSSR count). The highest BCUT2D eigenvalue weighted by atomic mass is 32.2. The van der Waals surface area contributed by atoms with E-state index in [1.165, 1.54) is 17.1 Å². The maximum absolute atomic E-state index is 12.7. The largest absolute Gasteiger partial charge is 0.534 e. The summed E-state index contributed by atoms with van der Waals surface area (Å²) >= 11 is 0. The normalized spacial score (nSPS) is 12.5. The van der Waals surface area contributed by atoms with Crippen LogP contribution in [0.4, 0.5) is 13.2 Å². The number of aryl methyl sites for hydroxylation is 1. The third kappa shape index (κ3) is 2.96. The van der Waals surface area contributed by atoms with E-state index in [2.05, 4.69) is 14.4 Å². The van der Waals surface area contributed by atoms with Crippen molar-refractivity contribution in [2.75, 3.05) is 0 Å². The number of hydrogen-bond acceptors (Lipinski definition) is 6. The van der Waals surface area contributed by atoms with E-state index in [1.54, 1.807) is 13.2 Å². The lowest BCUT2D eigenvalue weighted by molar-refractivity contribution is -0.0499. The molecule has 9 nitrogen and oxygen atoms in total. The van der Waals surface area contributed by atoms with E-state index < -0.39 is 27.3 Å². The van der Waals surface area contributed by atoms with Gasteiger partial charge >= 0.3 is 15.6 Å². The number of nitrogens with zero attached hydrogens (tertiary/aromatic N) is 4. The molecule has 26 heavy (non-hydrogen) atoms. The Hall–Kier alpha value is -3.09. The Kier molecular flexibility index (Phi) is 3.90. The molecular weight excluding hydrogens is 379 g/mol. The summed E-state index contributed by atoms with van der Waals surface area (Å²) in [5, 5.41) is 7.74. The zero-order valence-corrected chi connectivity index (χ0v) is 13.7. The van der Waals surface area contributed by atoms with Gasteiger partial charge in [0, 0.05) is 30.6 Å². The van der Waals surface area contributed by atoms with Crippen LogP contribution in [0.1, 0.15) is 10.4 Å². The molecule has 2 N–H and O–H groups in total. The number of fused-ring (bicyclic) bond motifs is 1. The fourth-order valence-electron chi connectivity index (χ4n) is 2.22. The van der Waals surface area contributed by atoms with Crippen molar-refractivity contribution in [2.24, 2.45) is 12.8 Å². The molecule has 0 atom stereocenters. The van der Waals surface area contributed by atoms with E-state index in [-0.39, 0.29) is 16.6 Å². The first-order chi connectivity index (χ1) is 12.0. The SMILES string of the molecule is Cn1cc(-c2cc(OS(=O)(=O)C(F)(F)F)c3c(C(N)=O)cnn3c2)cn1. The Labute approximate surface area is 143 Å². The van der Waals surface area contributed by atoms with Gasteiger partial charge in [-0.25, -0.2) is 4.52 Å². The highest BCUT2D eigenvalue weighted by molar-refractivity contribution is 7.88. The van der Waals surface area contributed by atoms with Gasteiger partial charge in [-0.15, -0.1) is 0 Å². The zero-order chi connectivity index (χ0) is 19.3. The van der Waals surface area contributed by atoms with Crippen LogP contribution < -0.4 is 9.92 Å². The molecule has 3 aromatic rings. The molecule has 0 radical (unpaired) electrons. The molecular formula is C13H10F3N5O4S. The second-order valence-corrected chi connectivity index (χ2v) is 6.73. The molecule has 0 aliphatic carbocycles. The summed E-state index contributed by atoms with van der Waals surface area (Å²) in [6.45, 7) is 0. The molecule has 1 amide bonds. The summed E-state index contributed by atoms with van der Waals surface area (Å²) in [7, 11) is -4.35. The van der Waals surface area contributed by atoms with Crippen molar-refractivity contribution in [3.8, 4) is 16.9 Å². The first-order valence-electron chi connectivity index (χ1n) is 6.80. The molecule has 0 saturated heterocycles. The monoisotopic (exact) mass is 389 g/mol. The van der Waals surface area contributed by atoms with Gasteiger partial charge in [-0.2, -0.15) is 31.8 Å².